The Morgan fingerprint density at radius 1 is 1.65 bits per heavy atom. The maximum Gasteiger partial charge on any atom is 0.247 e. The molecule has 0 aliphatic carbocycles. The van der Waals surface area contributed by atoms with Crippen molar-refractivity contribution in [2.24, 2.45) is 5.92 Å². The van der Waals surface area contributed by atoms with Crippen molar-refractivity contribution in [1.82, 2.24) is 14.7 Å². The van der Waals surface area contributed by atoms with Gasteiger partial charge in [-0.3, -0.25) is 9.48 Å². The maximum atomic E-state index is 12.2. The lowest BCUT2D eigenvalue weighted by atomic mass is 9.99. The quantitative estimate of drug-likeness (QED) is 0.769. The van der Waals surface area contributed by atoms with Gasteiger partial charge in [-0.2, -0.15) is 10.4 Å². The van der Waals surface area contributed by atoms with Gasteiger partial charge >= 0.3 is 0 Å². The number of carbonyl (C=O) groups excluding carboxylic acids is 1. The fraction of sp³-hybridized carbons (Fsp3) is 0.583. The summed E-state index contributed by atoms with van der Waals surface area (Å²) in [5.41, 5.74) is 0. The van der Waals surface area contributed by atoms with Crippen LogP contribution >= 0.6 is 0 Å². The minimum Gasteiger partial charge on any atom is -0.340 e. The Bertz CT molecular complexity index is 420. The third-order valence-electron chi connectivity index (χ3n) is 3.19. The van der Waals surface area contributed by atoms with Gasteiger partial charge in [0.25, 0.3) is 0 Å². The molecule has 1 aliphatic heterocycles. The summed E-state index contributed by atoms with van der Waals surface area (Å²) in [6.45, 7) is 3.15. The second-order valence-electron chi connectivity index (χ2n) is 4.41. The van der Waals surface area contributed by atoms with Crippen molar-refractivity contribution in [3.8, 4) is 6.07 Å². The number of rotatable bonds is 2. The molecular weight excluding hydrogens is 216 g/mol. The highest BCUT2D eigenvalue weighted by Gasteiger charge is 2.27. The average molecular weight is 232 g/mol. The van der Waals surface area contributed by atoms with Gasteiger partial charge in [0.15, 0.2) is 0 Å². The molecule has 5 nitrogen and oxygen atoms in total. The Morgan fingerprint density at radius 2 is 2.47 bits per heavy atom. The summed E-state index contributed by atoms with van der Waals surface area (Å²) >= 11 is 0. The van der Waals surface area contributed by atoms with Crippen LogP contribution in [0.4, 0.5) is 0 Å². The van der Waals surface area contributed by atoms with Crippen LogP contribution in [0.1, 0.15) is 25.8 Å². The van der Waals surface area contributed by atoms with E-state index in [0.29, 0.717) is 6.54 Å². The van der Waals surface area contributed by atoms with Gasteiger partial charge in [-0.1, -0.05) is 0 Å². The molecule has 0 N–H and O–H groups in total. The molecule has 1 aliphatic rings. The van der Waals surface area contributed by atoms with Crippen molar-refractivity contribution in [2.45, 2.75) is 25.8 Å². The summed E-state index contributed by atoms with van der Waals surface area (Å²) in [6.07, 6.45) is 5.26. The molecule has 1 fully saturated rings. The van der Waals surface area contributed by atoms with Crippen LogP contribution in [0.2, 0.25) is 0 Å². The lowest BCUT2D eigenvalue weighted by Crippen LogP contribution is -2.42. The van der Waals surface area contributed by atoms with Crippen LogP contribution < -0.4 is 0 Å². The van der Waals surface area contributed by atoms with Gasteiger partial charge in [0.1, 0.15) is 6.04 Å². The van der Waals surface area contributed by atoms with E-state index in [-0.39, 0.29) is 17.9 Å². The summed E-state index contributed by atoms with van der Waals surface area (Å²) in [7, 11) is 0. The number of amides is 1. The molecule has 1 aromatic rings. The van der Waals surface area contributed by atoms with Crippen molar-refractivity contribution >= 4 is 5.91 Å². The zero-order chi connectivity index (χ0) is 12.3. The molecule has 0 bridgehead atoms. The minimum absolute atomic E-state index is 0.0162. The fourth-order valence-corrected chi connectivity index (χ4v) is 2.17. The predicted molar refractivity (Wildman–Crippen MR) is 61.9 cm³/mol. The summed E-state index contributed by atoms with van der Waals surface area (Å²) in [5, 5.41) is 13.0. The zero-order valence-electron chi connectivity index (χ0n) is 9.91. The molecule has 2 atom stereocenters. The molecule has 0 spiro atoms. The highest BCUT2D eigenvalue weighted by Crippen LogP contribution is 2.18. The number of hydrogen-bond donors (Lipinski definition) is 0. The number of carbonyl (C=O) groups is 1. The number of hydrogen-bond acceptors (Lipinski definition) is 3. The molecule has 1 aromatic heterocycles. The van der Waals surface area contributed by atoms with Gasteiger partial charge in [-0.25, -0.2) is 0 Å². The normalized spacial score (nSPS) is 21.9. The molecule has 2 unspecified atom stereocenters. The van der Waals surface area contributed by atoms with Crippen LogP contribution in [0.25, 0.3) is 0 Å². The van der Waals surface area contributed by atoms with E-state index in [1.54, 1.807) is 28.0 Å². The number of nitrogens with zero attached hydrogens (tertiary/aromatic N) is 4. The minimum atomic E-state index is -0.289. The van der Waals surface area contributed by atoms with E-state index in [4.69, 9.17) is 5.26 Å². The molecular formula is C12H16N4O. The first-order valence-electron chi connectivity index (χ1n) is 5.90. The maximum absolute atomic E-state index is 12.2. The second-order valence-corrected chi connectivity index (χ2v) is 4.41. The Kier molecular flexibility index (Phi) is 3.43. The fourth-order valence-electron chi connectivity index (χ4n) is 2.17. The lowest BCUT2D eigenvalue weighted by Gasteiger charge is -2.31. The van der Waals surface area contributed by atoms with Gasteiger partial charge in [0.2, 0.25) is 5.91 Å². The summed E-state index contributed by atoms with van der Waals surface area (Å²) < 4.78 is 1.65. The molecule has 5 heteroatoms. The van der Waals surface area contributed by atoms with Crippen LogP contribution in [0.3, 0.4) is 0 Å². The molecule has 2 rings (SSSR count). The predicted octanol–water partition coefficient (Wildman–Crippen LogP) is 1.21. The average Bonchev–Trinajstić information content (AvgIpc) is 2.91. The van der Waals surface area contributed by atoms with E-state index >= 15 is 0 Å². The van der Waals surface area contributed by atoms with Crippen molar-refractivity contribution in [3.63, 3.8) is 0 Å². The van der Waals surface area contributed by atoms with E-state index in [0.717, 1.165) is 19.4 Å². The van der Waals surface area contributed by atoms with Gasteiger partial charge < -0.3 is 4.90 Å². The molecule has 1 saturated heterocycles. The van der Waals surface area contributed by atoms with E-state index in [1.165, 1.54) is 0 Å². The lowest BCUT2D eigenvalue weighted by molar-refractivity contribution is -0.136. The van der Waals surface area contributed by atoms with Gasteiger partial charge in [-0.05, 0) is 25.8 Å². The van der Waals surface area contributed by atoms with Crippen molar-refractivity contribution in [2.75, 3.05) is 13.1 Å². The molecule has 0 aromatic carbocycles. The number of aromatic nitrogens is 2. The van der Waals surface area contributed by atoms with Crippen LogP contribution in [0.5, 0.6) is 0 Å². The Balaban J connectivity index is 2.02. The largest absolute Gasteiger partial charge is 0.340 e. The van der Waals surface area contributed by atoms with Gasteiger partial charge in [-0.15, -0.1) is 0 Å². The third kappa shape index (κ3) is 2.47. The second kappa shape index (κ2) is 5.00. The SMILES string of the molecule is CC(C(=O)N1CCCC(C#N)C1)n1cccn1. The van der Waals surface area contributed by atoms with Crippen molar-refractivity contribution in [3.05, 3.63) is 18.5 Å². The zero-order valence-corrected chi connectivity index (χ0v) is 9.91. The topological polar surface area (TPSA) is 61.9 Å². The highest BCUT2D eigenvalue weighted by molar-refractivity contribution is 5.80. The monoisotopic (exact) mass is 232 g/mol. The molecule has 17 heavy (non-hydrogen) atoms. The summed E-state index contributed by atoms with van der Waals surface area (Å²) in [4.78, 5) is 14.0. The van der Waals surface area contributed by atoms with E-state index in [9.17, 15) is 4.79 Å². The van der Waals surface area contributed by atoms with Gasteiger partial charge in [0.05, 0.1) is 12.0 Å². The van der Waals surface area contributed by atoms with E-state index < -0.39 is 0 Å². The first-order chi connectivity index (χ1) is 8.22. The number of piperidine rings is 1. The Morgan fingerprint density at radius 3 is 3.12 bits per heavy atom. The highest BCUT2D eigenvalue weighted by atomic mass is 16.2. The number of likely N-dealkylation sites (tertiary alicyclic amines) is 1. The van der Waals surface area contributed by atoms with Crippen LogP contribution in [0.15, 0.2) is 18.5 Å². The van der Waals surface area contributed by atoms with E-state index in [1.807, 2.05) is 6.92 Å². The van der Waals surface area contributed by atoms with Crippen molar-refractivity contribution < 1.29 is 4.79 Å². The Hall–Kier alpha value is -1.83. The molecule has 2 heterocycles. The van der Waals surface area contributed by atoms with E-state index in [2.05, 4.69) is 11.2 Å². The molecule has 90 valence electrons. The van der Waals surface area contributed by atoms with Crippen LogP contribution in [-0.2, 0) is 4.79 Å². The third-order valence-corrected chi connectivity index (χ3v) is 3.19. The first kappa shape index (κ1) is 11.6. The molecule has 0 saturated carbocycles. The van der Waals surface area contributed by atoms with Crippen LogP contribution in [0, 0.1) is 17.2 Å². The summed E-state index contributed by atoms with van der Waals surface area (Å²) in [5.74, 6) is 0.0335. The summed E-state index contributed by atoms with van der Waals surface area (Å²) in [6, 6.07) is 3.76. The Labute approximate surface area is 101 Å². The van der Waals surface area contributed by atoms with Crippen molar-refractivity contribution in [1.29, 1.82) is 5.26 Å². The molecule has 0 radical (unpaired) electrons. The molecule has 1 amide bonds. The standard InChI is InChI=1S/C12H16N4O/c1-10(16-7-3-5-14-16)12(17)15-6-2-4-11(8-13)9-15/h3,5,7,10-11H,2,4,6,9H2,1H3. The smallest absolute Gasteiger partial charge is 0.247 e. The number of nitriles is 1. The van der Waals surface area contributed by atoms with Crippen LogP contribution in [-0.4, -0.2) is 33.7 Å². The van der Waals surface area contributed by atoms with Gasteiger partial charge in [0, 0.05) is 25.5 Å². The first-order valence-corrected chi connectivity index (χ1v) is 5.90.